The van der Waals surface area contributed by atoms with Gasteiger partial charge < -0.3 is 24.0 Å². The molecule has 0 saturated carbocycles. The van der Waals surface area contributed by atoms with Gasteiger partial charge in [-0.3, -0.25) is 4.98 Å². The molecule has 0 aromatic carbocycles. The number of hydrogen-bond donors (Lipinski definition) is 0. The van der Waals surface area contributed by atoms with Crippen LogP contribution in [0.2, 0.25) is 0 Å². The number of carbonyl (C=O) groups excluding carboxylic acids is 1. The van der Waals surface area contributed by atoms with Crippen molar-refractivity contribution in [3.05, 3.63) is 30.0 Å². The number of ether oxygens (including phenoxy) is 1. The third-order valence-electron chi connectivity index (χ3n) is 6.37. The Labute approximate surface area is 166 Å². The Hall–Kier alpha value is -2.41. The highest BCUT2D eigenvalue weighted by molar-refractivity contribution is 5.78. The van der Waals surface area contributed by atoms with Crippen LogP contribution < -0.4 is 9.84 Å². The fourth-order valence-corrected chi connectivity index (χ4v) is 4.31. The summed E-state index contributed by atoms with van der Waals surface area (Å²) in [5.74, 6) is 0.582. The number of rotatable bonds is 5. The van der Waals surface area contributed by atoms with Gasteiger partial charge in [0, 0.05) is 32.2 Å². The SMILES string of the molecule is COc1ccc2nccc(CC[N+]3(C(C)(C)C)CCC(N(C)C(=O)[O-])C3)c2n1. The monoisotopic (exact) mass is 386 g/mol. The van der Waals surface area contributed by atoms with E-state index >= 15 is 0 Å². The number of nitrogens with zero attached hydrogens (tertiary/aromatic N) is 4. The average molecular weight is 386 g/mol. The zero-order valence-electron chi connectivity index (χ0n) is 17.4. The zero-order chi connectivity index (χ0) is 20.5. The van der Waals surface area contributed by atoms with Crippen LogP contribution in [0.25, 0.3) is 11.0 Å². The van der Waals surface area contributed by atoms with Crippen LogP contribution >= 0.6 is 0 Å². The summed E-state index contributed by atoms with van der Waals surface area (Å²) in [6.45, 7) is 9.37. The van der Waals surface area contributed by atoms with Gasteiger partial charge in [0.1, 0.15) is 6.09 Å². The number of likely N-dealkylation sites (tertiary alicyclic amines) is 1. The van der Waals surface area contributed by atoms with Gasteiger partial charge in [-0.05, 0) is 38.5 Å². The molecule has 3 rings (SSSR count). The molecule has 7 heteroatoms. The third-order valence-corrected chi connectivity index (χ3v) is 6.37. The minimum absolute atomic E-state index is 0.00312. The standard InChI is InChI=1S/C21H30N4O3/c1-21(2,3)25(13-10-16(14-25)24(4)20(26)27)12-9-15-8-11-22-17-6-7-18(28-5)23-19(15)17/h6-8,11,16H,9-10,12-14H2,1-5H3. The maximum Gasteiger partial charge on any atom is 0.213 e. The molecule has 0 N–H and O–H groups in total. The molecular formula is C21H30N4O3. The first-order chi connectivity index (χ1) is 13.2. The van der Waals surface area contributed by atoms with Gasteiger partial charge in [0.15, 0.2) is 0 Å². The Morgan fingerprint density at radius 1 is 1.36 bits per heavy atom. The summed E-state index contributed by atoms with van der Waals surface area (Å²) in [7, 11) is 3.23. The summed E-state index contributed by atoms with van der Waals surface area (Å²) < 4.78 is 6.15. The maximum atomic E-state index is 11.3. The lowest BCUT2D eigenvalue weighted by molar-refractivity contribution is -0.960. The van der Waals surface area contributed by atoms with Gasteiger partial charge in [0.2, 0.25) is 5.88 Å². The molecule has 152 valence electrons. The summed E-state index contributed by atoms with van der Waals surface area (Å²) >= 11 is 0. The molecule has 28 heavy (non-hydrogen) atoms. The van der Waals surface area contributed by atoms with Crippen LogP contribution in [0.4, 0.5) is 4.79 Å². The average Bonchev–Trinajstić information content (AvgIpc) is 3.11. The Morgan fingerprint density at radius 3 is 2.75 bits per heavy atom. The molecule has 1 amide bonds. The molecule has 2 aromatic rings. The lowest BCUT2D eigenvalue weighted by atomic mass is 10.00. The fourth-order valence-electron chi connectivity index (χ4n) is 4.31. The number of carbonyl (C=O) groups is 1. The lowest BCUT2D eigenvalue weighted by Crippen LogP contribution is -2.61. The Balaban J connectivity index is 1.86. The zero-order valence-corrected chi connectivity index (χ0v) is 17.4. The van der Waals surface area contributed by atoms with Crippen LogP contribution in [0.15, 0.2) is 24.4 Å². The minimum Gasteiger partial charge on any atom is -0.530 e. The highest BCUT2D eigenvalue weighted by atomic mass is 16.5. The number of amides is 1. The van der Waals surface area contributed by atoms with Crippen molar-refractivity contribution in [1.82, 2.24) is 14.9 Å². The molecule has 2 unspecified atom stereocenters. The quantitative estimate of drug-likeness (QED) is 0.733. The van der Waals surface area contributed by atoms with Gasteiger partial charge in [0.25, 0.3) is 0 Å². The molecule has 1 saturated heterocycles. The molecule has 2 atom stereocenters. The second-order valence-electron chi connectivity index (χ2n) is 8.71. The second kappa shape index (κ2) is 7.54. The molecule has 0 spiro atoms. The van der Waals surface area contributed by atoms with E-state index in [0.717, 1.165) is 53.6 Å². The van der Waals surface area contributed by atoms with E-state index < -0.39 is 6.09 Å². The highest BCUT2D eigenvalue weighted by Gasteiger charge is 2.47. The van der Waals surface area contributed by atoms with E-state index in [0.29, 0.717) is 5.88 Å². The molecule has 7 nitrogen and oxygen atoms in total. The van der Waals surface area contributed by atoms with Gasteiger partial charge in [0.05, 0.1) is 49.4 Å². The number of carboxylic acid groups (broad SMARTS) is 1. The molecule has 1 aliphatic heterocycles. The molecule has 0 aliphatic carbocycles. The molecule has 1 fully saturated rings. The minimum atomic E-state index is -1.10. The highest BCUT2D eigenvalue weighted by Crippen LogP contribution is 2.34. The van der Waals surface area contributed by atoms with Crippen LogP contribution in [0.3, 0.4) is 0 Å². The number of likely N-dealkylation sites (N-methyl/N-ethyl adjacent to an activating group) is 1. The predicted octanol–water partition coefficient (Wildman–Crippen LogP) is 1.84. The maximum absolute atomic E-state index is 11.3. The summed E-state index contributed by atoms with van der Waals surface area (Å²) in [5.41, 5.74) is 2.88. The first kappa shape index (κ1) is 20.3. The summed E-state index contributed by atoms with van der Waals surface area (Å²) in [6.07, 6.45) is 2.42. The Morgan fingerprint density at radius 2 is 2.11 bits per heavy atom. The molecular weight excluding hydrogens is 356 g/mol. The summed E-state index contributed by atoms with van der Waals surface area (Å²) in [5, 5.41) is 11.3. The first-order valence-corrected chi connectivity index (χ1v) is 9.75. The van der Waals surface area contributed by atoms with Gasteiger partial charge in [-0.15, -0.1) is 0 Å². The Bertz CT molecular complexity index is 864. The van der Waals surface area contributed by atoms with Crippen molar-refractivity contribution >= 4 is 17.1 Å². The second-order valence-corrected chi connectivity index (χ2v) is 8.71. The van der Waals surface area contributed by atoms with E-state index in [2.05, 4.69) is 30.7 Å². The van der Waals surface area contributed by atoms with Crippen LogP contribution in [-0.4, -0.2) is 70.8 Å². The third kappa shape index (κ3) is 3.76. The molecule has 3 heterocycles. The first-order valence-electron chi connectivity index (χ1n) is 9.75. The van der Waals surface area contributed by atoms with Crippen molar-refractivity contribution in [3.63, 3.8) is 0 Å². The van der Waals surface area contributed by atoms with Crippen LogP contribution in [0.5, 0.6) is 5.88 Å². The fraction of sp³-hybridized carbons (Fsp3) is 0.571. The number of hydrogen-bond acceptors (Lipinski definition) is 5. The van der Waals surface area contributed by atoms with Crippen molar-refractivity contribution in [2.75, 3.05) is 33.8 Å². The normalized spacial score (nSPS) is 22.4. The number of pyridine rings is 2. The number of methoxy groups -OCH3 is 1. The van der Waals surface area contributed by atoms with Gasteiger partial charge >= 0.3 is 0 Å². The van der Waals surface area contributed by atoms with E-state index in [1.807, 2.05) is 24.4 Å². The molecule has 1 aliphatic rings. The molecule has 0 radical (unpaired) electrons. The predicted molar refractivity (Wildman–Crippen MR) is 106 cm³/mol. The van der Waals surface area contributed by atoms with Crippen LogP contribution in [-0.2, 0) is 6.42 Å². The van der Waals surface area contributed by atoms with Crippen molar-refractivity contribution < 1.29 is 19.1 Å². The van der Waals surface area contributed by atoms with Crippen LogP contribution in [0.1, 0.15) is 32.8 Å². The summed E-state index contributed by atoms with van der Waals surface area (Å²) in [6, 6.07) is 5.77. The van der Waals surface area contributed by atoms with Gasteiger partial charge in [-0.1, -0.05) is 0 Å². The van der Waals surface area contributed by atoms with E-state index in [-0.39, 0.29) is 11.6 Å². The Kier molecular flexibility index (Phi) is 5.48. The van der Waals surface area contributed by atoms with Crippen molar-refractivity contribution in [2.24, 2.45) is 0 Å². The van der Waals surface area contributed by atoms with E-state index in [9.17, 15) is 9.90 Å². The number of fused-ring (bicyclic) bond motifs is 1. The van der Waals surface area contributed by atoms with Crippen molar-refractivity contribution in [2.45, 2.75) is 45.2 Å². The molecule has 0 bridgehead atoms. The number of quaternary nitrogens is 1. The van der Waals surface area contributed by atoms with Crippen molar-refractivity contribution in [3.8, 4) is 5.88 Å². The van der Waals surface area contributed by atoms with Gasteiger partial charge in [-0.2, -0.15) is 0 Å². The number of aromatic nitrogens is 2. The topological polar surface area (TPSA) is 78.4 Å². The van der Waals surface area contributed by atoms with E-state index in [1.165, 1.54) is 4.90 Å². The van der Waals surface area contributed by atoms with Crippen LogP contribution in [0, 0.1) is 0 Å². The lowest BCUT2D eigenvalue weighted by Gasteiger charge is -2.46. The largest absolute Gasteiger partial charge is 0.530 e. The van der Waals surface area contributed by atoms with Crippen molar-refractivity contribution in [1.29, 1.82) is 0 Å². The smallest absolute Gasteiger partial charge is 0.213 e. The van der Waals surface area contributed by atoms with E-state index in [1.54, 1.807) is 14.2 Å². The van der Waals surface area contributed by atoms with E-state index in [4.69, 9.17) is 4.74 Å². The van der Waals surface area contributed by atoms with Gasteiger partial charge in [-0.25, -0.2) is 4.98 Å². The summed E-state index contributed by atoms with van der Waals surface area (Å²) in [4.78, 5) is 21.7. The molecule has 2 aromatic heterocycles.